The zero-order valence-corrected chi connectivity index (χ0v) is 15.6. The standard InChI is InChI=1S/C8H6O4.C6H14O5.C4H2O3/c9-7(10)5-2-1-3-6(4-5)8(11)12;7-1-2-11-4-6(10)5(9)3-8;5-3-1-2-4(6)7-3/h1-4H,(H,9,10)(H,11,12);5-10H,1-4H2;1-2H. The summed E-state index contributed by atoms with van der Waals surface area (Å²) in [5.74, 6) is -3.41. The number of esters is 2. The zero-order chi connectivity index (χ0) is 23.1. The van der Waals surface area contributed by atoms with Crippen molar-refractivity contribution in [2.45, 2.75) is 12.2 Å². The van der Waals surface area contributed by atoms with Crippen molar-refractivity contribution in [1.82, 2.24) is 0 Å². The number of aliphatic hydroxyl groups is 4. The third kappa shape index (κ3) is 11.6. The highest BCUT2D eigenvalue weighted by Crippen LogP contribution is 2.04. The zero-order valence-electron chi connectivity index (χ0n) is 15.6. The summed E-state index contributed by atoms with van der Waals surface area (Å²) in [5.41, 5.74) is -0.0372. The molecule has 6 N–H and O–H groups in total. The molecule has 12 nitrogen and oxygen atoms in total. The van der Waals surface area contributed by atoms with Crippen LogP contribution in [0.2, 0.25) is 0 Å². The van der Waals surface area contributed by atoms with E-state index in [-0.39, 0.29) is 30.9 Å². The van der Waals surface area contributed by atoms with Crippen LogP contribution in [0.5, 0.6) is 0 Å². The maximum atomic E-state index is 10.4. The summed E-state index contributed by atoms with van der Waals surface area (Å²) in [4.78, 5) is 40.6. The number of carboxylic acid groups (broad SMARTS) is 2. The average molecular weight is 430 g/mol. The summed E-state index contributed by atoms with van der Waals surface area (Å²) in [6.45, 7) is -0.580. The van der Waals surface area contributed by atoms with E-state index in [9.17, 15) is 19.2 Å². The number of carbonyl (C=O) groups excluding carboxylic acids is 2. The Morgan fingerprint density at radius 1 is 0.933 bits per heavy atom. The Morgan fingerprint density at radius 3 is 1.77 bits per heavy atom. The minimum absolute atomic E-state index is 0.0186. The molecule has 0 aliphatic carbocycles. The van der Waals surface area contributed by atoms with Crippen molar-refractivity contribution >= 4 is 23.9 Å². The van der Waals surface area contributed by atoms with Crippen molar-refractivity contribution in [3.8, 4) is 0 Å². The van der Waals surface area contributed by atoms with E-state index in [4.69, 9.17) is 35.4 Å². The van der Waals surface area contributed by atoms with Gasteiger partial charge >= 0.3 is 23.9 Å². The van der Waals surface area contributed by atoms with Crippen molar-refractivity contribution in [3.05, 3.63) is 47.5 Å². The summed E-state index contributed by atoms with van der Waals surface area (Å²) in [5, 5.41) is 51.3. The van der Waals surface area contributed by atoms with E-state index in [1.807, 2.05) is 0 Å². The van der Waals surface area contributed by atoms with Crippen LogP contribution < -0.4 is 0 Å². The van der Waals surface area contributed by atoms with Crippen molar-refractivity contribution in [1.29, 1.82) is 0 Å². The van der Waals surface area contributed by atoms with E-state index in [2.05, 4.69) is 4.74 Å². The predicted octanol–water partition coefficient (Wildman–Crippen LogP) is -1.58. The predicted molar refractivity (Wildman–Crippen MR) is 97.6 cm³/mol. The van der Waals surface area contributed by atoms with Gasteiger partial charge in [0, 0.05) is 12.2 Å². The fraction of sp³-hybridized carbons (Fsp3) is 0.333. The van der Waals surface area contributed by atoms with Crippen LogP contribution in [0.4, 0.5) is 0 Å². The highest BCUT2D eigenvalue weighted by molar-refractivity contribution is 6.04. The van der Waals surface area contributed by atoms with Gasteiger partial charge in [-0.2, -0.15) is 0 Å². The van der Waals surface area contributed by atoms with Crippen LogP contribution in [0.15, 0.2) is 36.4 Å². The molecule has 0 aromatic heterocycles. The van der Waals surface area contributed by atoms with E-state index in [1.54, 1.807) is 0 Å². The summed E-state index contributed by atoms with van der Waals surface area (Å²) in [7, 11) is 0. The second kappa shape index (κ2) is 14.8. The second-order valence-electron chi connectivity index (χ2n) is 5.38. The molecule has 0 amide bonds. The second-order valence-corrected chi connectivity index (χ2v) is 5.38. The molecule has 2 rings (SSSR count). The normalized spacial score (nSPS) is 13.9. The van der Waals surface area contributed by atoms with Gasteiger partial charge in [0.25, 0.3) is 0 Å². The van der Waals surface area contributed by atoms with Crippen molar-refractivity contribution < 1.29 is 59.3 Å². The van der Waals surface area contributed by atoms with Gasteiger partial charge in [-0.15, -0.1) is 0 Å². The molecule has 12 heteroatoms. The van der Waals surface area contributed by atoms with E-state index < -0.39 is 42.7 Å². The minimum atomic E-state index is -1.17. The molecule has 1 aliphatic rings. The number of hydrogen-bond acceptors (Lipinski definition) is 10. The molecular formula is C18H22O12. The molecule has 1 aromatic rings. The van der Waals surface area contributed by atoms with Gasteiger partial charge in [-0.05, 0) is 18.2 Å². The number of hydrogen-bond donors (Lipinski definition) is 6. The minimum Gasteiger partial charge on any atom is -0.478 e. The lowest BCUT2D eigenvalue weighted by Crippen LogP contribution is -2.33. The molecular weight excluding hydrogens is 408 g/mol. The maximum Gasteiger partial charge on any atom is 0.338 e. The third-order valence-corrected chi connectivity index (χ3v) is 3.07. The molecule has 0 spiro atoms. The number of carbonyl (C=O) groups is 4. The van der Waals surface area contributed by atoms with Gasteiger partial charge in [0.1, 0.15) is 12.2 Å². The van der Waals surface area contributed by atoms with Crippen LogP contribution in [0, 0.1) is 0 Å². The lowest BCUT2D eigenvalue weighted by atomic mass is 10.1. The smallest absolute Gasteiger partial charge is 0.338 e. The van der Waals surface area contributed by atoms with E-state index in [1.165, 1.54) is 18.2 Å². The van der Waals surface area contributed by atoms with Gasteiger partial charge in [0.15, 0.2) is 0 Å². The van der Waals surface area contributed by atoms with Gasteiger partial charge in [0.2, 0.25) is 0 Å². The third-order valence-electron chi connectivity index (χ3n) is 3.07. The van der Waals surface area contributed by atoms with Gasteiger partial charge in [-0.3, -0.25) is 0 Å². The topological polar surface area (TPSA) is 208 Å². The summed E-state index contributed by atoms with van der Waals surface area (Å²) in [6.07, 6.45) is -0.0924. The Hall–Kier alpha value is -3.16. The first-order chi connectivity index (χ1) is 14.1. The number of ether oxygens (including phenoxy) is 2. The fourth-order valence-electron chi connectivity index (χ4n) is 1.59. The Kier molecular flexibility index (Phi) is 13.2. The van der Waals surface area contributed by atoms with Gasteiger partial charge in [0.05, 0.1) is 37.6 Å². The maximum absolute atomic E-state index is 10.4. The quantitative estimate of drug-likeness (QED) is 0.157. The van der Waals surface area contributed by atoms with Crippen LogP contribution in [0.1, 0.15) is 20.7 Å². The Bertz CT molecular complexity index is 697. The highest BCUT2D eigenvalue weighted by Gasteiger charge is 2.14. The number of cyclic esters (lactones) is 2. The van der Waals surface area contributed by atoms with Crippen LogP contribution in [0.3, 0.4) is 0 Å². The van der Waals surface area contributed by atoms with Crippen molar-refractivity contribution in [2.75, 3.05) is 26.4 Å². The van der Waals surface area contributed by atoms with Gasteiger partial charge in [-0.1, -0.05) is 6.07 Å². The molecule has 2 atom stereocenters. The molecule has 0 saturated heterocycles. The summed E-state index contributed by atoms with van der Waals surface area (Å²) >= 11 is 0. The number of aliphatic hydroxyl groups excluding tert-OH is 4. The summed E-state index contributed by atoms with van der Waals surface area (Å²) in [6, 6.07) is 5.20. The van der Waals surface area contributed by atoms with E-state index >= 15 is 0 Å². The molecule has 166 valence electrons. The number of carboxylic acids is 2. The van der Waals surface area contributed by atoms with Crippen molar-refractivity contribution in [3.63, 3.8) is 0 Å². The SMILES string of the molecule is O=C(O)c1cccc(C(=O)O)c1.O=C1C=CC(=O)O1.OCCOCC(O)C(O)CO. The van der Waals surface area contributed by atoms with Crippen molar-refractivity contribution in [2.24, 2.45) is 0 Å². The van der Waals surface area contributed by atoms with Crippen LogP contribution in [-0.2, 0) is 19.1 Å². The van der Waals surface area contributed by atoms with Gasteiger partial charge < -0.3 is 40.1 Å². The summed E-state index contributed by atoms with van der Waals surface area (Å²) < 4.78 is 8.67. The molecule has 0 bridgehead atoms. The lowest BCUT2D eigenvalue weighted by molar-refractivity contribution is -0.150. The highest BCUT2D eigenvalue weighted by atomic mass is 16.6. The van der Waals surface area contributed by atoms with Crippen LogP contribution in [0.25, 0.3) is 0 Å². The number of aromatic carboxylic acids is 2. The molecule has 0 saturated carbocycles. The molecule has 30 heavy (non-hydrogen) atoms. The van der Waals surface area contributed by atoms with Crippen LogP contribution >= 0.6 is 0 Å². The molecule has 1 aromatic carbocycles. The Labute approximate surface area is 170 Å². The first-order valence-electron chi connectivity index (χ1n) is 8.28. The Morgan fingerprint density at radius 2 is 1.43 bits per heavy atom. The fourth-order valence-corrected chi connectivity index (χ4v) is 1.59. The molecule has 0 fully saturated rings. The van der Waals surface area contributed by atoms with E-state index in [0.29, 0.717) is 0 Å². The first kappa shape index (κ1) is 26.8. The number of rotatable bonds is 8. The molecule has 2 unspecified atom stereocenters. The van der Waals surface area contributed by atoms with E-state index in [0.717, 1.165) is 18.2 Å². The first-order valence-corrected chi connectivity index (χ1v) is 8.28. The average Bonchev–Trinajstić information content (AvgIpc) is 3.11. The largest absolute Gasteiger partial charge is 0.478 e. The lowest BCUT2D eigenvalue weighted by Gasteiger charge is -2.14. The number of benzene rings is 1. The molecule has 0 radical (unpaired) electrons. The molecule has 1 aliphatic heterocycles. The van der Waals surface area contributed by atoms with Gasteiger partial charge in [-0.25, -0.2) is 19.2 Å². The molecule has 1 heterocycles. The monoisotopic (exact) mass is 430 g/mol. The Balaban J connectivity index is 0.000000434. The van der Waals surface area contributed by atoms with Crippen LogP contribution in [-0.4, -0.2) is 93.2 Å².